The molecule has 3 rings (SSSR count). The van der Waals surface area contributed by atoms with Crippen molar-refractivity contribution in [1.29, 1.82) is 0 Å². The molecule has 1 amide bonds. The Balaban J connectivity index is 1.44. The maximum Gasteiger partial charge on any atom is 0.224 e. The van der Waals surface area contributed by atoms with Gasteiger partial charge in [0.2, 0.25) is 5.91 Å². The van der Waals surface area contributed by atoms with E-state index in [1.165, 1.54) is 0 Å². The maximum atomic E-state index is 12.1. The number of carbonyl (C=O) groups is 1. The molecule has 0 aliphatic rings. The van der Waals surface area contributed by atoms with E-state index in [9.17, 15) is 4.79 Å². The molecule has 0 aliphatic heterocycles. The highest BCUT2D eigenvalue weighted by atomic mass is 35.5. The van der Waals surface area contributed by atoms with E-state index >= 15 is 0 Å². The summed E-state index contributed by atoms with van der Waals surface area (Å²) in [5.41, 5.74) is 1.58. The largest absolute Gasteiger partial charge is 0.492 e. The van der Waals surface area contributed by atoms with Crippen LogP contribution in [0.25, 0.3) is 11.4 Å². The van der Waals surface area contributed by atoms with E-state index in [0.29, 0.717) is 46.8 Å². The molecule has 0 aliphatic carbocycles. The SMILES string of the molecule is Cn1nnnc1-c1ccc(NC(=O)CCCOc2ccc(Cl)cc2Cl)cc1. The Bertz CT molecular complexity index is 928. The Morgan fingerprint density at radius 2 is 1.96 bits per heavy atom. The zero-order valence-electron chi connectivity index (χ0n) is 14.5. The van der Waals surface area contributed by atoms with Gasteiger partial charge in [0.1, 0.15) is 5.75 Å². The van der Waals surface area contributed by atoms with Crippen LogP contribution in [0.15, 0.2) is 42.5 Å². The lowest BCUT2D eigenvalue weighted by molar-refractivity contribution is -0.116. The number of ether oxygens (including phenoxy) is 1. The first kappa shape index (κ1) is 19.1. The molecule has 0 unspecified atom stereocenters. The lowest BCUT2D eigenvalue weighted by Gasteiger charge is -2.09. The number of aromatic nitrogens is 4. The molecule has 0 atom stereocenters. The highest BCUT2D eigenvalue weighted by Gasteiger charge is 2.07. The number of tetrazole rings is 1. The summed E-state index contributed by atoms with van der Waals surface area (Å²) in [4.78, 5) is 12.1. The molecule has 0 radical (unpaired) electrons. The molecule has 2 aromatic carbocycles. The number of anilines is 1. The first-order chi connectivity index (χ1) is 13.0. The van der Waals surface area contributed by atoms with Crippen LogP contribution in [0.2, 0.25) is 10.0 Å². The van der Waals surface area contributed by atoms with Crippen molar-refractivity contribution in [2.24, 2.45) is 7.05 Å². The summed E-state index contributed by atoms with van der Waals surface area (Å²) in [5, 5.41) is 15.2. The third-order valence-electron chi connectivity index (χ3n) is 3.75. The van der Waals surface area contributed by atoms with Gasteiger partial charge in [0.05, 0.1) is 11.6 Å². The summed E-state index contributed by atoms with van der Waals surface area (Å²) < 4.78 is 7.15. The zero-order valence-corrected chi connectivity index (χ0v) is 16.0. The number of nitrogens with one attached hydrogen (secondary N) is 1. The van der Waals surface area contributed by atoms with Gasteiger partial charge in [-0.05, 0) is 59.3 Å². The molecule has 1 heterocycles. The molecule has 0 bridgehead atoms. The standard InChI is InChI=1S/C18H17Cl2N5O2/c1-25-18(22-23-24-25)12-4-7-14(8-5-12)21-17(26)3-2-10-27-16-9-6-13(19)11-15(16)20/h4-9,11H,2-3,10H2,1H3,(H,21,26). The number of hydrogen-bond acceptors (Lipinski definition) is 5. The predicted molar refractivity (Wildman–Crippen MR) is 104 cm³/mol. The fourth-order valence-electron chi connectivity index (χ4n) is 2.41. The summed E-state index contributed by atoms with van der Waals surface area (Å²) in [6.45, 7) is 0.382. The Kier molecular flexibility index (Phi) is 6.26. The van der Waals surface area contributed by atoms with Crippen LogP contribution in [0.5, 0.6) is 5.75 Å². The lowest BCUT2D eigenvalue weighted by Crippen LogP contribution is -2.12. The third kappa shape index (κ3) is 5.18. The van der Waals surface area contributed by atoms with Crippen molar-refractivity contribution >= 4 is 34.8 Å². The number of halogens is 2. The molecule has 27 heavy (non-hydrogen) atoms. The molecule has 140 valence electrons. The highest BCUT2D eigenvalue weighted by molar-refractivity contribution is 6.35. The number of rotatable bonds is 7. The highest BCUT2D eigenvalue weighted by Crippen LogP contribution is 2.27. The quantitative estimate of drug-likeness (QED) is 0.601. The third-order valence-corrected chi connectivity index (χ3v) is 4.28. The molecule has 1 aromatic heterocycles. The molecule has 0 fully saturated rings. The molecule has 9 heteroatoms. The normalized spacial score (nSPS) is 10.6. The van der Waals surface area contributed by atoms with E-state index in [0.717, 1.165) is 5.56 Å². The maximum absolute atomic E-state index is 12.1. The smallest absolute Gasteiger partial charge is 0.224 e. The van der Waals surface area contributed by atoms with Crippen LogP contribution in [0.1, 0.15) is 12.8 Å². The van der Waals surface area contributed by atoms with E-state index in [-0.39, 0.29) is 5.91 Å². The van der Waals surface area contributed by atoms with Crippen LogP contribution in [-0.4, -0.2) is 32.7 Å². The van der Waals surface area contributed by atoms with Crippen molar-refractivity contribution < 1.29 is 9.53 Å². The lowest BCUT2D eigenvalue weighted by atomic mass is 10.2. The minimum Gasteiger partial charge on any atom is -0.492 e. The summed E-state index contributed by atoms with van der Waals surface area (Å²) in [7, 11) is 1.77. The van der Waals surface area contributed by atoms with Crippen molar-refractivity contribution in [3.05, 3.63) is 52.5 Å². The Morgan fingerprint density at radius 1 is 1.19 bits per heavy atom. The molecule has 0 saturated carbocycles. The fraction of sp³-hybridized carbons (Fsp3) is 0.222. The van der Waals surface area contributed by atoms with Gasteiger partial charge in [-0.1, -0.05) is 23.2 Å². The van der Waals surface area contributed by atoms with Crippen LogP contribution in [0.4, 0.5) is 5.69 Å². The second-order valence-electron chi connectivity index (χ2n) is 5.78. The second-order valence-corrected chi connectivity index (χ2v) is 6.62. The summed E-state index contributed by atoms with van der Waals surface area (Å²) in [6, 6.07) is 12.4. The van der Waals surface area contributed by atoms with Gasteiger partial charge < -0.3 is 10.1 Å². The van der Waals surface area contributed by atoms with E-state index in [4.69, 9.17) is 27.9 Å². The van der Waals surface area contributed by atoms with Crippen molar-refractivity contribution in [1.82, 2.24) is 20.2 Å². The minimum absolute atomic E-state index is 0.0890. The van der Waals surface area contributed by atoms with Crippen LogP contribution >= 0.6 is 23.2 Å². The summed E-state index contributed by atoms with van der Waals surface area (Å²) >= 11 is 11.9. The fourth-order valence-corrected chi connectivity index (χ4v) is 2.87. The Morgan fingerprint density at radius 3 is 2.63 bits per heavy atom. The average molecular weight is 406 g/mol. The van der Waals surface area contributed by atoms with Crippen molar-refractivity contribution in [3.8, 4) is 17.1 Å². The number of carbonyl (C=O) groups excluding carboxylic acids is 1. The van der Waals surface area contributed by atoms with E-state index in [1.54, 1.807) is 29.9 Å². The van der Waals surface area contributed by atoms with Crippen LogP contribution in [0, 0.1) is 0 Å². The number of hydrogen-bond donors (Lipinski definition) is 1. The van der Waals surface area contributed by atoms with Gasteiger partial charge in [-0.25, -0.2) is 4.68 Å². The van der Waals surface area contributed by atoms with Crippen LogP contribution < -0.4 is 10.1 Å². The van der Waals surface area contributed by atoms with E-state index in [1.807, 2.05) is 24.3 Å². The van der Waals surface area contributed by atoms with Crippen molar-refractivity contribution in [2.75, 3.05) is 11.9 Å². The van der Waals surface area contributed by atoms with Gasteiger partial charge in [0, 0.05) is 29.7 Å². The van der Waals surface area contributed by atoms with Crippen LogP contribution in [0.3, 0.4) is 0 Å². The monoisotopic (exact) mass is 405 g/mol. The van der Waals surface area contributed by atoms with Crippen LogP contribution in [-0.2, 0) is 11.8 Å². The topological polar surface area (TPSA) is 81.9 Å². The average Bonchev–Trinajstić information content (AvgIpc) is 3.07. The van der Waals surface area contributed by atoms with Gasteiger partial charge in [0.25, 0.3) is 0 Å². The van der Waals surface area contributed by atoms with Gasteiger partial charge in [-0.3, -0.25) is 4.79 Å². The van der Waals surface area contributed by atoms with Gasteiger partial charge >= 0.3 is 0 Å². The number of nitrogens with zero attached hydrogens (tertiary/aromatic N) is 4. The van der Waals surface area contributed by atoms with E-state index < -0.39 is 0 Å². The number of amides is 1. The molecule has 7 nitrogen and oxygen atoms in total. The summed E-state index contributed by atoms with van der Waals surface area (Å²) in [5.74, 6) is 1.12. The number of benzene rings is 2. The van der Waals surface area contributed by atoms with E-state index in [2.05, 4.69) is 20.8 Å². The Hall–Kier alpha value is -2.64. The molecule has 1 N–H and O–H groups in total. The van der Waals surface area contributed by atoms with Crippen molar-refractivity contribution in [3.63, 3.8) is 0 Å². The molecular formula is C18H17Cl2N5O2. The van der Waals surface area contributed by atoms with Crippen molar-refractivity contribution in [2.45, 2.75) is 12.8 Å². The summed E-state index contributed by atoms with van der Waals surface area (Å²) in [6.07, 6.45) is 0.896. The molecule has 0 saturated heterocycles. The van der Waals surface area contributed by atoms with Gasteiger partial charge in [-0.15, -0.1) is 5.10 Å². The minimum atomic E-state index is -0.0890. The number of aryl methyl sites for hydroxylation is 1. The Labute approximate surface area is 166 Å². The molecular weight excluding hydrogens is 389 g/mol. The zero-order chi connectivity index (χ0) is 19.2. The second kappa shape index (κ2) is 8.83. The molecule has 0 spiro atoms. The van der Waals surface area contributed by atoms with Gasteiger partial charge in [0.15, 0.2) is 5.82 Å². The first-order valence-electron chi connectivity index (χ1n) is 8.23. The predicted octanol–water partition coefficient (Wildman–Crippen LogP) is 3.98. The van der Waals surface area contributed by atoms with Gasteiger partial charge in [-0.2, -0.15) is 0 Å². The first-order valence-corrected chi connectivity index (χ1v) is 8.99. The molecule has 3 aromatic rings.